The van der Waals surface area contributed by atoms with E-state index in [0.717, 1.165) is 24.3 Å². The average Bonchev–Trinajstić information content (AvgIpc) is 2.87. The molecular weight excluding hydrogens is 492 g/mol. The Hall–Kier alpha value is -4.66. The Morgan fingerprint density at radius 3 is 2.05 bits per heavy atom. The summed E-state index contributed by atoms with van der Waals surface area (Å²) in [7, 11) is 0. The molecule has 0 aromatic heterocycles. The van der Waals surface area contributed by atoms with Crippen molar-refractivity contribution < 1.29 is 42.1 Å². The van der Waals surface area contributed by atoms with Crippen LogP contribution in [-0.2, 0) is 12.8 Å². The van der Waals surface area contributed by atoms with Crippen LogP contribution in [0.3, 0.4) is 0 Å². The van der Waals surface area contributed by atoms with Crippen LogP contribution in [0.2, 0.25) is 0 Å². The summed E-state index contributed by atoms with van der Waals surface area (Å²) in [5, 5.41) is 19.5. The SMILES string of the molecule is O=C(O)c1cc(C(=O)O)c(-c2cc(C(F)(F)F)ccc2OCc2ccc(F)cc2)c(-c2ccccc2)c1. The summed E-state index contributed by atoms with van der Waals surface area (Å²) in [4.78, 5) is 24.0. The minimum absolute atomic E-state index is 0.0694. The van der Waals surface area contributed by atoms with Gasteiger partial charge in [0.25, 0.3) is 0 Å². The van der Waals surface area contributed by atoms with Crippen LogP contribution in [-0.4, -0.2) is 22.2 Å². The molecule has 9 heteroatoms. The lowest BCUT2D eigenvalue weighted by Gasteiger charge is -2.20. The summed E-state index contributed by atoms with van der Waals surface area (Å²) >= 11 is 0. The first-order chi connectivity index (χ1) is 17.5. The van der Waals surface area contributed by atoms with E-state index < -0.39 is 35.1 Å². The molecule has 0 aliphatic carbocycles. The van der Waals surface area contributed by atoms with Gasteiger partial charge in [0.15, 0.2) is 0 Å². The van der Waals surface area contributed by atoms with E-state index in [9.17, 15) is 37.4 Å². The topological polar surface area (TPSA) is 83.8 Å². The van der Waals surface area contributed by atoms with Crippen molar-refractivity contribution in [2.45, 2.75) is 12.8 Å². The van der Waals surface area contributed by atoms with Crippen LogP contribution >= 0.6 is 0 Å². The van der Waals surface area contributed by atoms with E-state index in [1.165, 1.54) is 30.3 Å². The number of carboxylic acids is 2. The normalized spacial score (nSPS) is 11.2. The maximum absolute atomic E-state index is 13.7. The maximum atomic E-state index is 13.7. The van der Waals surface area contributed by atoms with E-state index >= 15 is 0 Å². The van der Waals surface area contributed by atoms with Crippen LogP contribution in [0, 0.1) is 5.82 Å². The molecule has 2 N–H and O–H groups in total. The monoisotopic (exact) mass is 510 g/mol. The predicted octanol–water partition coefficient (Wildman–Crippen LogP) is 7.15. The smallest absolute Gasteiger partial charge is 0.416 e. The summed E-state index contributed by atoms with van der Waals surface area (Å²) < 4.78 is 60.1. The molecule has 4 aromatic carbocycles. The number of hydrogen-bond acceptors (Lipinski definition) is 3. The number of rotatable bonds is 7. The standard InChI is InChI=1S/C28H18F4O5/c29-20-9-6-16(7-10-20)15-37-24-11-8-19(28(30,31)32)14-22(24)25-21(17-4-2-1-3-5-17)12-18(26(33)34)13-23(25)27(35)36/h1-14H,15H2,(H,33,34)(H,35,36). The van der Waals surface area contributed by atoms with E-state index in [1.54, 1.807) is 30.3 Å². The van der Waals surface area contributed by atoms with Gasteiger partial charge >= 0.3 is 18.1 Å². The first-order valence-electron chi connectivity index (χ1n) is 10.8. The van der Waals surface area contributed by atoms with Gasteiger partial charge < -0.3 is 14.9 Å². The van der Waals surface area contributed by atoms with Gasteiger partial charge in [0.2, 0.25) is 0 Å². The Labute approximate surface area is 208 Å². The molecule has 0 heterocycles. The van der Waals surface area contributed by atoms with E-state index in [-0.39, 0.29) is 34.6 Å². The van der Waals surface area contributed by atoms with Gasteiger partial charge in [-0.2, -0.15) is 13.2 Å². The molecule has 0 bridgehead atoms. The molecule has 0 unspecified atom stereocenters. The van der Waals surface area contributed by atoms with Gasteiger partial charge in [-0.25, -0.2) is 14.0 Å². The second kappa shape index (κ2) is 10.1. The van der Waals surface area contributed by atoms with Crippen molar-refractivity contribution >= 4 is 11.9 Å². The molecule has 0 aliphatic rings. The zero-order chi connectivity index (χ0) is 26.7. The highest BCUT2D eigenvalue weighted by Gasteiger charge is 2.33. The number of aromatic carboxylic acids is 2. The second-order valence-corrected chi connectivity index (χ2v) is 8.05. The van der Waals surface area contributed by atoms with Gasteiger partial charge in [0, 0.05) is 11.1 Å². The van der Waals surface area contributed by atoms with Crippen LogP contribution < -0.4 is 4.74 Å². The third kappa shape index (κ3) is 5.61. The van der Waals surface area contributed by atoms with Crippen molar-refractivity contribution in [3.8, 4) is 28.0 Å². The zero-order valence-electron chi connectivity index (χ0n) is 18.9. The molecule has 5 nitrogen and oxygen atoms in total. The van der Waals surface area contributed by atoms with Crippen LogP contribution in [0.4, 0.5) is 17.6 Å². The number of hydrogen-bond donors (Lipinski definition) is 2. The van der Waals surface area contributed by atoms with Crippen molar-refractivity contribution in [3.63, 3.8) is 0 Å². The Morgan fingerprint density at radius 1 is 0.784 bits per heavy atom. The lowest BCUT2D eigenvalue weighted by Crippen LogP contribution is -2.09. The van der Waals surface area contributed by atoms with E-state index in [4.69, 9.17) is 4.74 Å². The zero-order valence-corrected chi connectivity index (χ0v) is 18.9. The molecule has 188 valence electrons. The van der Waals surface area contributed by atoms with Gasteiger partial charge in [0.05, 0.1) is 16.7 Å². The van der Waals surface area contributed by atoms with Crippen LogP contribution in [0.5, 0.6) is 5.75 Å². The summed E-state index contributed by atoms with van der Waals surface area (Å²) in [6.45, 7) is -0.144. The molecule has 0 fully saturated rings. The molecule has 0 radical (unpaired) electrons. The maximum Gasteiger partial charge on any atom is 0.416 e. The van der Waals surface area contributed by atoms with Crippen molar-refractivity contribution in [3.05, 3.63) is 113 Å². The minimum Gasteiger partial charge on any atom is -0.488 e. The third-order valence-corrected chi connectivity index (χ3v) is 5.58. The van der Waals surface area contributed by atoms with E-state index in [0.29, 0.717) is 11.1 Å². The first kappa shape index (κ1) is 25.4. The number of halogens is 4. The van der Waals surface area contributed by atoms with Gasteiger partial charge in [-0.1, -0.05) is 42.5 Å². The fourth-order valence-corrected chi connectivity index (χ4v) is 3.84. The predicted molar refractivity (Wildman–Crippen MR) is 127 cm³/mol. The first-order valence-corrected chi connectivity index (χ1v) is 10.8. The third-order valence-electron chi connectivity index (χ3n) is 5.58. The highest BCUT2D eigenvalue weighted by molar-refractivity contribution is 6.05. The molecule has 37 heavy (non-hydrogen) atoms. The minimum atomic E-state index is -4.75. The quantitative estimate of drug-likeness (QED) is 0.258. The highest BCUT2D eigenvalue weighted by atomic mass is 19.4. The fourth-order valence-electron chi connectivity index (χ4n) is 3.84. The summed E-state index contributed by atoms with van der Waals surface area (Å²) in [6.07, 6.45) is -4.75. The van der Waals surface area contributed by atoms with Gasteiger partial charge in [0.1, 0.15) is 18.2 Å². The molecule has 0 amide bonds. The average molecular weight is 510 g/mol. The number of ether oxygens (including phenoxy) is 1. The lowest BCUT2D eigenvalue weighted by atomic mass is 9.87. The Kier molecular flexibility index (Phi) is 6.97. The van der Waals surface area contributed by atoms with Gasteiger partial charge in [-0.3, -0.25) is 0 Å². The van der Waals surface area contributed by atoms with Crippen LogP contribution in [0.1, 0.15) is 31.8 Å². The summed E-state index contributed by atoms with van der Waals surface area (Å²) in [6, 6.07) is 18.2. The molecular formula is C28H18F4O5. The van der Waals surface area contributed by atoms with Crippen molar-refractivity contribution in [1.82, 2.24) is 0 Å². The number of alkyl halides is 3. The fraction of sp³-hybridized carbons (Fsp3) is 0.0714. The second-order valence-electron chi connectivity index (χ2n) is 8.05. The molecule has 0 spiro atoms. The molecule has 0 atom stereocenters. The molecule has 0 saturated heterocycles. The number of carbonyl (C=O) groups is 2. The van der Waals surface area contributed by atoms with Crippen LogP contribution in [0.15, 0.2) is 84.9 Å². The largest absolute Gasteiger partial charge is 0.488 e. The molecule has 4 aromatic rings. The number of benzene rings is 4. The summed E-state index contributed by atoms with van der Waals surface area (Å²) in [5.41, 5.74) is -1.21. The molecule has 0 aliphatic heterocycles. The van der Waals surface area contributed by atoms with E-state index in [1.807, 2.05) is 0 Å². The Bertz CT molecular complexity index is 1460. The van der Waals surface area contributed by atoms with Crippen LogP contribution in [0.25, 0.3) is 22.3 Å². The van der Waals surface area contributed by atoms with E-state index in [2.05, 4.69) is 0 Å². The van der Waals surface area contributed by atoms with Crippen molar-refractivity contribution in [2.75, 3.05) is 0 Å². The Morgan fingerprint density at radius 2 is 1.46 bits per heavy atom. The van der Waals surface area contributed by atoms with Gasteiger partial charge in [-0.15, -0.1) is 0 Å². The summed E-state index contributed by atoms with van der Waals surface area (Å²) in [5.74, 6) is -3.48. The molecule has 0 saturated carbocycles. The highest BCUT2D eigenvalue weighted by Crippen LogP contribution is 2.43. The van der Waals surface area contributed by atoms with Crippen molar-refractivity contribution in [2.24, 2.45) is 0 Å². The van der Waals surface area contributed by atoms with Gasteiger partial charge in [-0.05, 0) is 59.2 Å². The molecule has 4 rings (SSSR count). The number of carboxylic acid groups (broad SMARTS) is 2. The van der Waals surface area contributed by atoms with Crippen molar-refractivity contribution in [1.29, 1.82) is 0 Å². The Balaban J connectivity index is 1.99. The lowest BCUT2D eigenvalue weighted by molar-refractivity contribution is -0.137.